The fourth-order valence-corrected chi connectivity index (χ4v) is 3.34. The molecule has 2 saturated heterocycles. The zero-order chi connectivity index (χ0) is 10.1. The van der Waals surface area contributed by atoms with Gasteiger partial charge in [-0.1, -0.05) is 6.42 Å². The van der Waals surface area contributed by atoms with Crippen molar-refractivity contribution in [1.82, 2.24) is 10.3 Å². The van der Waals surface area contributed by atoms with E-state index in [0.717, 1.165) is 19.0 Å². The highest BCUT2D eigenvalue weighted by Gasteiger charge is 2.26. The molecule has 0 amide bonds. The summed E-state index contributed by atoms with van der Waals surface area (Å²) in [6.07, 6.45) is 5.83. The molecule has 3 rings (SSSR count). The zero-order valence-electron chi connectivity index (χ0n) is 8.74. The highest BCUT2D eigenvalue weighted by molar-refractivity contribution is 7.99. The number of nitrogens with zero attached hydrogens (tertiary/aromatic N) is 1. The van der Waals surface area contributed by atoms with Crippen LogP contribution in [-0.4, -0.2) is 23.8 Å². The third-order valence-electron chi connectivity index (χ3n) is 3.18. The summed E-state index contributed by atoms with van der Waals surface area (Å²) in [5, 5.41) is 3.83. The smallest absolute Gasteiger partial charge is 0.199 e. The maximum Gasteiger partial charge on any atom is 0.199 e. The highest BCUT2D eigenvalue weighted by Crippen LogP contribution is 2.38. The van der Waals surface area contributed by atoms with Gasteiger partial charge in [-0.2, -0.15) is 11.8 Å². The van der Waals surface area contributed by atoms with Gasteiger partial charge in [0.05, 0.1) is 16.9 Å². The van der Waals surface area contributed by atoms with Gasteiger partial charge in [-0.3, -0.25) is 0 Å². The van der Waals surface area contributed by atoms with E-state index in [4.69, 9.17) is 4.42 Å². The lowest BCUT2D eigenvalue weighted by Crippen LogP contribution is -2.40. The van der Waals surface area contributed by atoms with E-state index in [1.54, 1.807) is 0 Å². The minimum atomic E-state index is 0.521. The molecule has 2 aliphatic rings. The topological polar surface area (TPSA) is 38.1 Å². The van der Waals surface area contributed by atoms with Gasteiger partial charge in [0, 0.05) is 13.1 Å². The van der Waals surface area contributed by atoms with Gasteiger partial charge in [0.25, 0.3) is 0 Å². The number of aromatic nitrogens is 1. The molecule has 1 aromatic heterocycles. The van der Waals surface area contributed by atoms with Gasteiger partial charge in [-0.05, 0) is 18.6 Å². The second kappa shape index (κ2) is 4.18. The maximum absolute atomic E-state index is 5.56. The lowest BCUT2D eigenvalue weighted by molar-refractivity contribution is 0.357. The Labute approximate surface area is 94.0 Å². The molecule has 2 aliphatic heterocycles. The molecule has 3 heterocycles. The molecule has 0 spiro atoms. The average molecular weight is 224 g/mol. The van der Waals surface area contributed by atoms with Crippen LogP contribution in [0.2, 0.25) is 0 Å². The van der Waals surface area contributed by atoms with Crippen LogP contribution < -0.4 is 5.32 Å². The molecule has 0 saturated carbocycles. The molecule has 1 unspecified atom stereocenters. The van der Waals surface area contributed by atoms with Crippen molar-refractivity contribution < 1.29 is 4.42 Å². The third kappa shape index (κ3) is 1.93. The third-order valence-corrected chi connectivity index (χ3v) is 4.58. The number of rotatable bonds is 2. The SMILES string of the molecule is c1oc(C2CNC2)nc1C1CCCCS1. The van der Waals surface area contributed by atoms with Gasteiger partial charge < -0.3 is 9.73 Å². The quantitative estimate of drug-likeness (QED) is 0.836. The number of thioether (sulfide) groups is 1. The summed E-state index contributed by atoms with van der Waals surface area (Å²) in [6, 6.07) is 0. The lowest BCUT2D eigenvalue weighted by Gasteiger charge is -2.23. The number of nitrogens with one attached hydrogen (secondary N) is 1. The van der Waals surface area contributed by atoms with Crippen LogP contribution in [0.4, 0.5) is 0 Å². The molecule has 1 aromatic rings. The summed E-state index contributed by atoms with van der Waals surface area (Å²) >= 11 is 2.03. The van der Waals surface area contributed by atoms with Crippen molar-refractivity contribution in [3.8, 4) is 0 Å². The van der Waals surface area contributed by atoms with Crippen LogP contribution in [0.3, 0.4) is 0 Å². The normalized spacial score (nSPS) is 27.6. The first-order valence-corrected chi connectivity index (χ1v) is 6.76. The van der Waals surface area contributed by atoms with Crippen LogP contribution in [0.1, 0.15) is 42.0 Å². The Hall–Kier alpha value is -0.480. The molecular weight excluding hydrogens is 208 g/mol. The molecule has 15 heavy (non-hydrogen) atoms. The summed E-state index contributed by atoms with van der Waals surface area (Å²) in [6.45, 7) is 2.05. The standard InChI is InChI=1S/C11H16N2OS/c1-2-4-15-10(3-1)9-7-14-11(13-9)8-5-12-6-8/h7-8,10,12H,1-6H2. The number of hydrogen-bond acceptors (Lipinski definition) is 4. The van der Waals surface area contributed by atoms with Crippen LogP contribution >= 0.6 is 11.8 Å². The van der Waals surface area contributed by atoms with Crippen molar-refractivity contribution >= 4 is 11.8 Å². The predicted molar refractivity (Wildman–Crippen MR) is 61.2 cm³/mol. The van der Waals surface area contributed by atoms with E-state index in [9.17, 15) is 0 Å². The van der Waals surface area contributed by atoms with E-state index in [-0.39, 0.29) is 0 Å². The Bertz CT molecular complexity index is 329. The van der Waals surface area contributed by atoms with Crippen LogP contribution in [0.15, 0.2) is 10.7 Å². The minimum Gasteiger partial charge on any atom is -0.448 e. The molecule has 2 fully saturated rings. The van der Waals surface area contributed by atoms with Crippen LogP contribution in [0.5, 0.6) is 0 Å². The van der Waals surface area contributed by atoms with Gasteiger partial charge >= 0.3 is 0 Å². The van der Waals surface area contributed by atoms with Gasteiger partial charge in [-0.15, -0.1) is 0 Å². The average Bonchev–Trinajstić information content (AvgIpc) is 2.66. The minimum absolute atomic E-state index is 0.521. The van der Waals surface area contributed by atoms with Crippen LogP contribution in [-0.2, 0) is 0 Å². The maximum atomic E-state index is 5.56. The van der Waals surface area contributed by atoms with Crippen molar-refractivity contribution in [2.45, 2.75) is 30.4 Å². The van der Waals surface area contributed by atoms with E-state index in [2.05, 4.69) is 10.3 Å². The molecular formula is C11H16N2OS. The lowest BCUT2D eigenvalue weighted by atomic mass is 10.0. The molecule has 1 N–H and O–H groups in total. The first kappa shape index (κ1) is 9.73. The molecule has 0 bridgehead atoms. The second-order valence-electron chi connectivity index (χ2n) is 4.32. The van der Waals surface area contributed by atoms with E-state index in [1.165, 1.54) is 30.7 Å². The Kier molecular flexibility index (Phi) is 2.71. The fraction of sp³-hybridized carbons (Fsp3) is 0.727. The second-order valence-corrected chi connectivity index (χ2v) is 5.63. The number of hydrogen-bond donors (Lipinski definition) is 1. The van der Waals surface area contributed by atoms with Crippen molar-refractivity contribution in [2.24, 2.45) is 0 Å². The van der Waals surface area contributed by atoms with Crippen molar-refractivity contribution in [2.75, 3.05) is 18.8 Å². The molecule has 0 aliphatic carbocycles. The Morgan fingerprint density at radius 1 is 1.40 bits per heavy atom. The summed E-state index contributed by atoms with van der Waals surface area (Å²) in [7, 11) is 0. The summed E-state index contributed by atoms with van der Waals surface area (Å²) < 4.78 is 5.56. The Balaban J connectivity index is 1.71. The predicted octanol–water partition coefficient (Wildman–Crippen LogP) is 2.32. The summed E-state index contributed by atoms with van der Waals surface area (Å²) in [4.78, 5) is 4.63. The summed E-state index contributed by atoms with van der Waals surface area (Å²) in [5.41, 5.74) is 1.17. The molecule has 82 valence electrons. The fourth-order valence-electron chi connectivity index (χ4n) is 2.07. The van der Waals surface area contributed by atoms with Crippen LogP contribution in [0, 0.1) is 0 Å². The first-order chi connectivity index (χ1) is 7.43. The molecule has 4 heteroatoms. The highest BCUT2D eigenvalue weighted by atomic mass is 32.2. The molecule has 1 atom stereocenters. The van der Waals surface area contributed by atoms with Gasteiger partial charge in [0.1, 0.15) is 6.26 Å². The van der Waals surface area contributed by atoms with Gasteiger partial charge in [0.15, 0.2) is 5.89 Å². The largest absolute Gasteiger partial charge is 0.448 e. The van der Waals surface area contributed by atoms with E-state index >= 15 is 0 Å². The van der Waals surface area contributed by atoms with Crippen molar-refractivity contribution in [3.63, 3.8) is 0 Å². The molecule has 0 aromatic carbocycles. The summed E-state index contributed by atoms with van der Waals surface area (Å²) in [5.74, 6) is 2.74. The van der Waals surface area contributed by atoms with Gasteiger partial charge in [-0.25, -0.2) is 4.98 Å². The van der Waals surface area contributed by atoms with E-state index in [1.807, 2.05) is 18.0 Å². The van der Waals surface area contributed by atoms with E-state index < -0.39 is 0 Å². The van der Waals surface area contributed by atoms with Crippen molar-refractivity contribution in [1.29, 1.82) is 0 Å². The van der Waals surface area contributed by atoms with Crippen molar-refractivity contribution in [3.05, 3.63) is 17.8 Å². The zero-order valence-corrected chi connectivity index (χ0v) is 9.55. The molecule has 3 nitrogen and oxygen atoms in total. The first-order valence-electron chi connectivity index (χ1n) is 5.71. The van der Waals surface area contributed by atoms with Crippen LogP contribution in [0.25, 0.3) is 0 Å². The Morgan fingerprint density at radius 3 is 3.00 bits per heavy atom. The van der Waals surface area contributed by atoms with Gasteiger partial charge in [0.2, 0.25) is 0 Å². The molecule has 0 radical (unpaired) electrons. The van der Waals surface area contributed by atoms with E-state index in [0.29, 0.717) is 11.2 Å². The Morgan fingerprint density at radius 2 is 2.33 bits per heavy atom. The monoisotopic (exact) mass is 224 g/mol. The number of oxazole rings is 1.